The van der Waals surface area contributed by atoms with E-state index in [4.69, 9.17) is 4.74 Å². The number of methoxy groups -OCH3 is 1. The van der Waals surface area contributed by atoms with Crippen LogP contribution in [0, 0.1) is 17.3 Å². The zero-order valence-electron chi connectivity index (χ0n) is 11.8. The van der Waals surface area contributed by atoms with Crippen molar-refractivity contribution in [3.63, 3.8) is 0 Å². The van der Waals surface area contributed by atoms with E-state index in [-0.39, 0.29) is 29.0 Å². The number of ether oxygens (including phenoxy) is 1. The molecular weight excluding hydrogens is 240 g/mol. The lowest BCUT2D eigenvalue weighted by atomic mass is 9.54. The number of hydrogen-bond donors (Lipinski definition) is 0. The summed E-state index contributed by atoms with van der Waals surface area (Å²) < 4.78 is 5.10. The van der Waals surface area contributed by atoms with Crippen molar-refractivity contribution in [2.45, 2.75) is 26.7 Å². The second-order valence-corrected chi connectivity index (χ2v) is 6.21. The molecule has 3 nitrogen and oxygen atoms in total. The molecule has 2 rings (SSSR count). The van der Waals surface area contributed by atoms with E-state index < -0.39 is 0 Å². The maximum Gasteiger partial charge on any atom is 0.145 e. The van der Waals surface area contributed by atoms with E-state index >= 15 is 0 Å². The molecule has 1 fully saturated rings. The number of rotatable bonds is 3. The lowest BCUT2D eigenvalue weighted by Gasteiger charge is -2.47. The fourth-order valence-corrected chi connectivity index (χ4v) is 3.01. The zero-order chi connectivity index (χ0) is 14.2. The summed E-state index contributed by atoms with van der Waals surface area (Å²) in [6, 6.07) is 7.40. The normalized spacial score (nSPS) is 26.7. The molecule has 1 unspecified atom stereocenters. The third-order valence-electron chi connectivity index (χ3n) is 3.95. The maximum absolute atomic E-state index is 12.3. The van der Waals surface area contributed by atoms with E-state index in [2.05, 4.69) is 0 Å². The standard InChI is InChI=1S/C16H20O3/c1-16(2,3)14-12(9-17)13(15(14)18)10-5-7-11(19-4)8-6-10/h5-9,12-14H,1-4H3/t12-,13?,14+/m1/s1. The van der Waals surface area contributed by atoms with Crippen LogP contribution in [0.3, 0.4) is 0 Å². The molecule has 0 N–H and O–H groups in total. The van der Waals surface area contributed by atoms with Crippen LogP contribution in [0.25, 0.3) is 0 Å². The smallest absolute Gasteiger partial charge is 0.145 e. The zero-order valence-corrected chi connectivity index (χ0v) is 11.8. The molecule has 102 valence electrons. The first-order valence-electron chi connectivity index (χ1n) is 6.53. The van der Waals surface area contributed by atoms with Gasteiger partial charge in [-0.1, -0.05) is 32.9 Å². The van der Waals surface area contributed by atoms with Gasteiger partial charge in [0.05, 0.1) is 13.0 Å². The number of ketones is 1. The Labute approximate surface area is 114 Å². The topological polar surface area (TPSA) is 43.4 Å². The quantitative estimate of drug-likeness (QED) is 0.785. The number of benzene rings is 1. The number of carbonyl (C=O) groups is 2. The minimum atomic E-state index is -0.285. The first-order valence-corrected chi connectivity index (χ1v) is 6.53. The second kappa shape index (κ2) is 4.80. The molecule has 0 heterocycles. The van der Waals surface area contributed by atoms with Gasteiger partial charge in [-0.3, -0.25) is 4.79 Å². The molecule has 0 bridgehead atoms. The van der Waals surface area contributed by atoms with Crippen LogP contribution in [0.15, 0.2) is 24.3 Å². The molecule has 0 saturated heterocycles. The molecule has 0 spiro atoms. The minimum absolute atomic E-state index is 0.161. The molecule has 1 aliphatic rings. The highest BCUT2D eigenvalue weighted by Crippen LogP contribution is 2.50. The Bertz CT molecular complexity index is 482. The Morgan fingerprint density at radius 3 is 2.16 bits per heavy atom. The van der Waals surface area contributed by atoms with Crippen molar-refractivity contribution in [1.29, 1.82) is 0 Å². The lowest BCUT2D eigenvalue weighted by Crippen LogP contribution is -2.52. The summed E-state index contributed by atoms with van der Waals surface area (Å²) in [6.45, 7) is 6.03. The van der Waals surface area contributed by atoms with Crippen LogP contribution >= 0.6 is 0 Å². The lowest BCUT2D eigenvalue weighted by molar-refractivity contribution is -0.148. The molecule has 0 amide bonds. The fourth-order valence-electron chi connectivity index (χ4n) is 3.01. The molecule has 3 atom stereocenters. The van der Waals surface area contributed by atoms with Gasteiger partial charge >= 0.3 is 0 Å². The van der Waals surface area contributed by atoms with Gasteiger partial charge in [-0.05, 0) is 23.1 Å². The molecule has 3 heteroatoms. The van der Waals surface area contributed by atoms with Gasteiger partial charge < -0.3 is 9.53 Å². The summed E-state index contributed by atoms with van der Waals surface area (Å²) in [5, 5.41) is 0. The fraction of sp³-hybridized carbons (Fsp3) is 0.500. The van der Waals surface area contributed by atoms with Crippen LogP contribution in [-0.4, -0.2) is 19.2 Å². The minimum Gasteiger partial charge on any atom is -0.497 e. The first-order chi connectivity index (χ1) is 8.90. The van der Waals surface area contributed by atoms with E-state index in [1.54, 1.807) is 7.11 Å². The van der Waals surface area contributed by atoms with E-state index in [0.717, 1.165) is 17.6 Å². The molecule has 0 aromatic heterocycles. The van der Waals surface area contributed by atoms with Crippen LogP contribution in [0.5, 0.6) is 5.75 Å². The third-order valence-corrected chi connectivity index (χ3v) is 3.95. The third kappa shape index (κ3) is 2.29. The van der Waals surface area contributed by atoms with Gasteiger partial charge in [0.15, 0.2) is 0 Å². The number of aldehydes is 1. The second-order valence-electron chi connectivity index (χ2n) is 6.21. The summed E-state index contributed by atoms with van der Waals surface area (Å²) in [4.78, 5) is 23.7. The van der Waals surface area contributed by atoms with Gasteiger partial charge in [0, 0.05) is 11.8 Å². The molecule has 0 aliphatic heterocycles. The number of Topliss-reactive ketones (excluding diaryl/α,β-unsaturated/α-hetero) is 1. The molecular formula is C16H20O3. The largest absolute Gasteiger partial charge is 0.497 e. The number of hydrogen-bond acceptors (Lipinski definition) is 3. The summed E-state index contributed by atoms with van der Waals surface area (Å²) in [7, 11) is 1.60. The van der Waals surface area contributed by atoms with Gasteiger partial charge in [0.2, 0.25) is 0 Å². The van der Waals surface area contributed by atoms with Crippen LogP contribution in [0.4, 0.5) is 0 Å². The molecule has 1 aromatic rings. The molecule has 1 saturated carbocycles. The van der Waals surface area contributed by atoms with E-state index in [1.807, 2.05) is 45.0 Å². The van der Waals surface area contributed by atoms with Crippen molar-refractivity contribution in [3.05, 3.63) is 29.8 Å². The summed E-state index contributed by atoms with van der Waals surface area (Å²) in [5.74, 6) is 0.269. The Morgan fingerprint density at radius 1 is 1.16 bits per heavy atom. The van der Waals surface area contributed by atoms with Crippen molar-refractivity contribution < 1.29 is 14.3 Å². The number of carbonyl (C=O) groups excluding carboxylic acids is 2. The van der Waals surface area contributed by atoms with E-state index in [1.165, 1.54) is 0 Å². The molecule has 0 radical (unpaired) electrons. The van der Waals surface area contributed by atoms with Crippen molar-refractivity contribution in [1.82, 2.24) is 0 Å². The van der Waals surface area contributed by atoms with Gasteiger partial charge in [0.1, 0.15) is 17.8 Å². The Balaban J connectivity index is 2.26. The molecule has 19 heavy (non-hydrogen) atoms. The van der Waals surface area contributed by atoms with E-state index in [9.17, 15) is 9.59 Å². The van der Waals surface area contributed by atoms with Crippen molar-refractivity contribution in [2.75, 3.05) is 7.11 Å². The van der Waals surface area contributed by atoms with Gasteiger partial charge in [-0.15, -0.1) is 0 Å². The Hall–Kier alpha value is -1.64. The maximum atomic E-state index is 12.3. The van der Waals surface area contributed by atoms with Gasteiger partial charge in [-0.25, -0.2) is 0 Å². The van der Waals surface area contributed by atoms with Crippen LogP contribution < -0.4 is 4.74 Å². The predicted octanol–water partition coefficient (Wildman–Crippen LogP) is 2.84. The van der Waals surface area contributed by atoms with Crippen LogP contribution in [0.2, 0.25) is 0 Å². The average Bonchev–Trinajstić information content (AvgIpc) is 2.34. The first kappa shape index (κ1) is 13.8. The van der Waals surface area contributed by atoms with Crippen molar-refractivity contribution in [2.24, 2.45) is 17.3 Å². The van der Waals surface area contributed by atoms with Gasteiger partial charge in [0.25, 0.3) is 0 Å². The summed E-state index contributed by atoms with van der Waals surface area (Å²) in [6.07, 6.45) is 0.937. The SMILES string of the molecule is COc1ccc(C2C(=O)[C@@H](C(C)(C)C)[C@@H]2C=O)cc1. The van der Waals surface area contributed by atoms with Crippen LogP contribution in [0.1, 0.15) is 32.3 Å². The highest BCUT2D eigenvalue weighted by atomic mass is 16.5. The average molecular weight is 260 g/mol. The predicted molar refractivity (Wildman–Crippen MR) is 73.2 cm³/mol. The molecule has 1 aromatic carbocycles. The molecule has 1 aliphatic carbocycles. The summed E-state index contributed by atoms with van der Waals surface area (Å²) >= 11 is 0. The Kier molecular flexibility index (Phi) is 3.48. The van der Waals surface area contributed by atoms with E-state index in [0.29, 0.717) is 0 Å². The van der Waals surface area contributed by atoms with Crippen LogP contribution in [-0.2, 0) is 9.59 Å². The Morgan fingerprint density at radius 2 is 1.74 bits per heavy atom. The highest BCUT2D eigenvalue weighted by Gasteiger charge is 2.54. The highest BCUT2D eigenvalue weighted by molar-refractivity contribution is 6.00. The monoisotopic (exact) mass is 260 g/mol. The summed E-state index contributed by atoms with van der Waals surface area (Å²) in [5.41, 5.74) is 0.745. The van der Waals surface area contributed by atoms with Crippen molar-refractivity contribution in [3.8, 4) is 5.75 Å². The van der Waals surface area contributed by atoms with Crippen molar-refractivity contribution >= 4 is 12.1 Å². The van der Waals surface area contributed by atoms with Gasteiger partial charge in [-0.2, -0.15) is 0 Å².